The Bertz CT molecular complexity index is 1190. The Morgan fingerprint density at radius 3 is 2.41 bits per heavy atom. The predicted molar refractivity (Wildman–Crippen MR) is 127 cm³/mol. The summed E-state index contributed by atoms with van der Waals surface area (Å²) in [6.45, 7) is 6.45. The topological polar surface area (TPSA) is 57.6 Å². The first-order valence-corrected chi connectivity index (χ1v) is 11.1. The smallest absolute Gasteiger partial charge is 0.264 e. The number of rotatable bonds is 6. The van der Waals surface area contributed by atoms with E-state index in [0.717, 1.165) is 16.7 Å². The lowest BCUT2D eigenvalue weighted by atomic mass is 9.87. The van der Waals surface area contributed by atoms with Crippen LogP contribution in [0.5, 0.6) is 0 Å². The number of carbonyl (C=O) groups is 2. The van der Waals surface area contributed by atoms with Crippen LogP contribution < -0.4 is 4.90 Å². The molecule has 1 aliphatic heterocycles. The molecule has 4 nitrogen and oxygen atoms in total. The number of aliphatic hydroxyl groups is 1. The first-order chi connectivity index (χ1) is 15.2. The lowest BCUT2D eigenvalue weighted by Gasteiger charge is -2.23. The molecular formula is C27H26ClNO3. The molecule has 3 aromatic carbocycles. The third kappa shape index (κ3) is 3.96. The maximum Gasteiger partial charge on any atom is 0.264 e. The molecule has 1 aliphatic rings. The number of hydrogen-bond acceptors (Lipinski definition) is 3. The third-order valence-corrected chi connectivity index (χ3v) is 6.43. The zero-order valence-electron chi connectivity index (χ0n) is 18.4. The average molecular weight is 448 g/mol. The summed E-state index contributed by atoms with van der Waals surface area (Å²) < 4.78 is 0. The Hall–Kier alpha value is -2.95. The predicted octanol–water partition coefficient (Wildman–Crippen LogP) is 5.78. The molecule has 0 bridgehead atoms. The number of ketones is 1. The van der Waals surface area contributed by atoms with Gasteiger partial charge in [0.25, 0.3) is 5.91 Å². The summed E-state index contributed by atoms with van der Waals surface area (Å²) in [6, 6.07) is 20.1. The van der Waals surface area contributed by atoms with Crippen LogP contribution >= 0.6 is 11.6 Å². The molecule has 0 spiro atoms. The molecule has 5 heteroatoms. The number of nitrogens with zero attached hydrogens (tertiary/aromatic N) is 1. The number of amides is 1. The van der Waals surface area contributed by atoms with Crippen LogP contribution in [0.25, 0.3) is 0 Å². The van der Waals surface area contributed by atoms with Crippen molar-refractivity contribution >= 4 is 29.0 Å². The fourth-order valence-electron chi connectivity index (χ4n) is 4.20. The number of hydrogen-bond donors (Lipinski definition) is 1. The van der Waals surface area contributed by atoms with Gasteiger partial charge in [0.15, 0.2) is 11.4 Å². The highest BCUT2D eigenvalue weighted by atomic mass is 35.5. The largest absolute Gasteiger partial charge is 0.375 e. The summed E-state index contributed by atoms with van der Waals surface area (Å²) in [4.78, 5) is 28.1. The molecule has 0 saturated carbocycles. The zero-order chi connectivity index (χ0) is 23.0. The van der Waals surface area contributed by atoms with Crippen molar-refractivity contribution < 1.29 is 14.7 Å². The summed E-state index contributed by atoms with van der Waals surface area (Å²) in [5.41, 5.74) is 2.60. The van der Waals surface area contributed by atoms with Crippen LogP contribution in [0.4, 0.5) is 5.69 Å². The van der Waals surface area contributed by atoms with Gasteiger partial charge in [0.1, 0.15) is 0 Å². The van der Waals surface area contributed by atoms with Gasteiger partial charge < -0.3 is 10.0 Å². The van der Waals surface area contributed by atoms with E-state index in [1.807, 2.05) is 43.3 Å². The molecular weight excluding hydrogens is 422 g/mol. The number of halogens is 1. The van der Waals surface area contributed by atoms with Crippen molar-refractivity contribution in [1.29, 1.82) is 0 Å². The normalized spacial score (nSPS) is 17.7. The zero-order valence-corrected chi connectivity index (χ0v) is 19.2. The van der Waals surface area contributed by atoms with E-state index in [0.29, 0.717) is 34.3 Å². The molecule has 32 heavy (non-hydrogen) atoms. The van der Waals surface area contributed by atoms with E-state index in [-0.39, 0.29) is 12.2 Å². The van der Waals surface area contributed by atoms with Gasteiger partial charge >= 0.3 is 0 Å². The van der Waals surface area contributed by atoms with Crippen LogP contribution in [-0.4, -0.2) is 16.8 Å². The van der Waals surface area contributed by atoms with Crippen LogP contribution in [0.15, 0.2) is 66.7 Å². The van der Waals surface area contributed by atoms with Gasteiger partial charge in [0.2, 0.25) is 0 Å². The molecule has 164 valence electrons. The van der Waals surface area contributed by atoms with Gasteiger partial charge in [0.05, 0.1) is 18.7 Å². The highest BCUT2D eigenvalue weighted by Crippen LogP contribution is 2.45. The Kier molecular flexibility index (Phi) is 5.93. The molecule has 0 unspecified atom stereocenters. The van der Waals surface area contributed by atoms with Gasteiger partial charge in [-0.2, -0.15) is 0 Å². The van der Waals surface area contributed by atoms with E-state index in [2.05, 4.69) is 13.8 Å². The minimum Gasteiger partial charge on any atom is -0.375 e. The molecule has 1 amide bonds. The van der Waals surface area contributed by atoms with Crippen molar-refractivity contribution in [3.8, 4) is 0 Å². The van der Waals surface area contributed by atoms with E-state index in [4.69, 9.17) is 11.6 Å². The molecule has 0 radical (unpaired) electrons. The van der Waals surface area contributed by atoms with E-state index in [1.165, 1.54) is 0 Å². The molecule has 0 aliphatic carbocycles. The Morgan fingerprint density at radius 2 is 1.75 bits per heavy atom. The second kappa shape index (κ2) is 8.53. The van der Waals surface area contributed by atoms with Crippen molar-refractivity contribution in [3.63, 3.8) is 0 Å². The summed E-state index contributed by atoms with van der Waals surface area (Å²) in [5, 5.41) is 12.0. The molecule has 1 N–H and O–H groups in total. The highest BCUT2D eigenvalue weighted by molar-refractivity contribution is 6.31. The summed E-state index contributed by atoms with van der Waals surface area (Å²) in [6.07, 6.45) is -0.343. The molecule has 1 atom stereocenters. The van der Waals surface area contributed by atoms with Crippen LogP contribution in [0.2, 0.25) is 5.02 Å². The van der Waals surface area contributed by atoms with Gasteiger partial charge in [-0.05, 0) is 47.7 Å². The van der Waals surface area contributed by atoms with Gasteiger partial charge in [-0.15, -0.1) is 0 Å². The molecule has 0 aromatic heterocycles. The number of carbonyl (C=O) groups excluding carboxylic acids is 2. The van der Waals surface area contributed by atoms with Crippen molar-refractivity contribution in [2.45, 2.75) is 45.3 Å². The van der Waals surface area contributed by atoms with Crippen molar-refractivity contribution in [2.24, 2.45) is 0 Å². The number of benzene rings is 3. The van der Waals surface area contributed by atoms with Gasteiger partial charge in [-0.1, -0.05) is 74.0 Å². The highest BCUT2D eigenvalue weighted by Gasteiger charge is 2.51. The first-order valence-electron chi connectivity index (χ1n) is 10.7. The van der Waals surface area contributed by atoms with Gasteiger partial charge in [0, 0.05) is 16.1 Å². The molecule has 3 aromatic rings. The van der Waals surface area contributed by atoms with E-state index >= 15 is 0 Å². The Labute approximate surface area is 193 Å². The Morgan fingerprint density at radius 1 is 1.06 bits per heavy atom. The summed E-state index contributed by atoms with van der Waals surface area (Å²) in [7, 11) is 0. The lowest BCUT2D eigenvalue weighted by molar-refractivity contribution is -0.136. The minimum absolute atomic E-state index is 0.292. The maximum absolute atomic E-state index is 13.5. The quantitative estimate of drug-likeness (QED) is 0.487. The fourth-order valence-corrected chi connectivity index (χ4v) is 4.37. The van der Waals surface area contributed by atoms with Gasteiger partial charge in [-0.25, -0.2) is 0 Å². The van der Waals surface area contributed by atoms with Crippen LogP contribution in [0.3, 0.4) is 0 Å². The van der Waals surface area contributed by atoms with E-state index in [9.17, 15) is 14.7 Å². The maximum atomic E-state index is 13.5. The van der Waals surface area contributed by atoms with Crippen molar-refractivity contribution in [1.82, 2.24) is 0 Å². The van der Waals surface area contributed by atoms with E-state index in [1.54, 1.807) is 35.2 Å². The first kappa shape index (κ1) is 22.3. The Balaban J connectivity index is 1.68. The van der Waals surface area contributed by atoms with Crippen molar-refractivity contribution in [2.75, 3.05) is 4.90 Å². The average Bonchev–Trinajstić information content (AvgIpc) is 2.96. The van der Waals surface area contributed by atoms with Crippen LogP contribution in [-0.2, 0) is 16.9 Å². The standard InChI is InChI=1S/C27H26ClNO3/c1-17(2)19-8-10-20(11-9-19)25(30)15-27(32)23-14-22(28)12-13-24(23)29(26(27)31)16-21-7-5-4-6-18(21)3/h4-14,17,32H,15-16H2,1-3H3/t27-/m1/s1. The van der Waals surface area contributed by atoms with Gasteiger partial charge in [-0.3, -0.25) is 9.59 Å². The molecule has 0 saturated heterocycles. The van der Waals surface area contributed by atoms with Crippen LogP contribution in [0, 0.1) is 6.92 Å². The summed E-state index contributed by atoms with van der Waals surface area (Å²) >= 11 is 6.21. The molecule has 4 rings (SSSR count). The molecule has 0 fully saturated rings. The van der Waals surface area contributed by atoms with Crippen LogP contribution in [0.1, 0.15) is 58.8 Å². The second-order valence-electron chi connectivity index (χ2n) is 8.72. The number of Topliss-reactive ketones (excluding diaryl/α,β-unsaturated/α-hetero) is 1. The number of fused-ring (bicyclic) bond motifs is 1. The fraction of sp³-hybridized carbons (Fsp3) is 0.259. The monoisotopic (exact) mass is 447 g/mol. The minimum atomic E-state index is -1.96. The SMILES string of the molecule is Cc1ccccc1CN1C(=O)[C@@](O)(CC(=O)c2ccc(C(C)C)cc2)c2cc(Cl)ccc21. The lowest BCUT2D eigenvalue weighted by Crippen LogP contribution is -2.41. The third-order valence-electron chi connectivity index (χ3n) is 6.20. The number of aryl methyl sites for hydroxylation is 1. The second-order valence-corrected chi connectivity index (χ2v) is 9.15. The van der Waals surface area contributed by atoms with E-state index < -0.39 is 11.5 Å². The van der Waals surface area contributed by atoms with Crippen molar-refractivity contribution in [3.05, 3.63) is 99.6 Å². The summed E-state index contributed by atoms with van der Waals surface area (Å²) in [5.74, 6) is -0.450. The molecule has 1 heterocycles. The number of anilines is 1.